The molecular formula is C12H11Cl2N3O4. The summed E-state index contributed by atoms with van der Waals surface area (Å²) in [4.78, 5) is 13.5. The third kappa shape index (κ3) is 4.32. The van der Waals surface area contributed by atoms with Gasteiger partial charge in [-0.25, -0.2) is 0 Å². The summed E-state index contributed by atoms with van der Waals surface area (Å²) in [6.45, 7) is 0.0745. The van der Waals surface area contributed by atoms with Gasteiger partial charge < -0.3 is 24.5 Å². The average Bonchev–Trinajstić information content (AvgIpc) is 2.88. The largest absolute Gasteiger partial charge is 0.489 e. The molecule has 0 aliphatic rings. The number of benzene rings is 1. The van der Waals surface area contributed by atoms with Crippen molar-refractivity contribution >= 4 is 29.0 Å². The molecule has 1 atom stereocenters. The molecule has 1 heterocycles. The minimum absolute atomic E-state index is 0.0357. The van der Waals surface area contributed by atoms with Gasteiger partial charge in [-0.2, -0.15) is 0 Å². The normalized spacial score (nSPS) is 12.1. The Morgan fingerprint density at radius 1 is 1.48 bits per heavy atom. The summed E-state index contributed by atoms with van der Waals surface area (Å²) >= 11 is 11.7. The maximum atomic E-state index is 10.5. The number of aromatic nitrogens is 2. The highest BCUT2D eigenvalue weighted by Gasteiger charge is 2.13. The van der Waals surface area contributed by atoms with E-state index in [0.29, 0.717) is 15.8 Å². The van der Waals surface area contributed by atoms with Crippen LogP contribution in [0.3, 0.4) is 0 Å². The lowest BCUT2D eigenvalue weighted by atomic mass is 10.3. The third-order valence-corrected chi connectivity index (χ3v) is 3.10. The van der Waals surface area contributed by atoms with Crippen LogP contribution in [0.1, 0.15) is 0 Å². The van der Waals surface area contributed by atoms with Gasteiger partial charge in [0.25, 0.3) is 0 Å². The van der Waals surface area contributed by atoms with Gasteiger partial charge in [0, 0.05) is 11.1 Å². The van der Waals surface area contributed by atoms with E-state index in [-0.39, 0.29) is 19.0 Å². The topological polar surface area (TPSA) is 90.4 Å². The Morgan fingerprint density at radius 2 is 2.24 bits per heavy atom. The number of ether oxygens (including phenoxy) is 1. The van der Waals surface area contributed by atoms with Gasteiger partial charge in [-0.3, -0.25) is 0 Å². The quantitative estimate of drug-likeness (QED) is 0.648. The molecule has 1 unspecified atom stereocenters. The Morgan fingerprint density at radius 3 is 2.90 bits per heavy atom. The van der Waals surface area contributed by atoms with E-state index < -0.39 is 11.0 Å². The van der Waals surface area contributed by atoms with Crippen molar-refractivity contribution in [3.05, 3.63) is 50.9 Å². The summed E-state index contributed by atoms with van der Waals surface area (Å²) in [6, 6.07) is 4.75. The van der Waals surface area contributed by atoms with E-state index in [1.165, 1.54) is 17.1 Å². The highest BCUT2D eigenvalue weighted by Crippen LogP contribution is 2.27. The Kier molecular flexibility index (Phi) is 5.00. The molecule has 0 amide bonds. The standard InChI is InChI=1S/C12H11Cl2N3O4/c13-8-1-2-10(14)11(3-8)21-6-9(18)4-16-5-12(15-7-16)17(19)20/h1-3,5,7,9,18H,4,6H2. The molecule has 0 saturated heterocycles. The average molecular weight is 332 g/mol. The van der Waals surface area contributed by atoms with Crippen molar-refractivity contribution in [3.63, 3.8) is 0 Å². The van der Waals surface area contributed by atoms with Crippen LogP contribution in [0.4, 0.5) is 5.82 Å². The van der Waals surface area contributed by atoms with Crippen molar-refractivity contribution in [2.75, 3.05) is 6.61 Å². The zero-order valence-corrected chi connectivity index (χ0v) is 12.2. The minimum Gasteiger partial charge on any atom is -0.489 e. The first kappa shape index (κ1) is 15.6. The molecule has 9 heteroatoms. The highest BCUT2D eigenvalue weighted by molar-refractivity contribution is 6.34. The number of rotatable bonds is 6. The predicted octanol–water partition coefficient (Wildman–Crippen LogP) is 2.54. The molecule has 0 fully saturated rings. The maximum absolute atomic E-state index is 10.5. The number of halogens is 2. The molecular weight excluding hydrogens is 321 g/mol. The van der Waals surface area contributed by atoms with Crippen LogP contribution in [0.25, 0.3) is 0 Å². The summed E-state index contributed by atoms with van der Waals surface area (Å²) in [7, 11) is 0. The van der Waals surface area contributed by atoms with Gasteiger partial charge in [0.1, 0.15) is 24.7 Å². The van der Waals surface area contributed by atoms with E-state index in [2.05, 4.69) is 4.98 Å². The second-order valence-electron chi connectivity index (χ2n) is 4.23. The van der Waals surface area contributed by atoms with Gasteiger partial charge in [-0.15, -0.1) is 0 Å². The van der Waals surface area contributed by atoms with Crippen LogP contribution in [0, 0.1) is 10.1 Å². The number of hydrogen-bond donors (Lipinski definition) is 1. The molecule has 1 N–H and O–H groups in total. The first-order valence-electron chi connectivity index (χ1n) is 5.88. The fourth-order valence-electron chi connectivity index (χ4n) is 1.61. The van der Waals surface area contributed by atoms with Crippen molar-refractivity contribution in [1.82, 2.24) is 9.55 Å². The van der Waals surface area contributed by atoms with Gasteiger partial charge in [0.05, 0.1) is 11.6 Å². The lowest BCUT2D eigenvalue weighted by Gasteiger charge is -2.13. The number of imidazole rings is 1. The van der Waals surface area contributed by atoms with Crippen LogP contribution >= 0.6 is 23.2 Å². The molecule has 2 rings (SSSR count). The second-order valence-corrected chi connectivity index (χ2v) is 5.07. The molecule has 0 bridgehead atoms. The first-order chi connectivity index (χ1) is 9.95. The number of nitrogens with zero attached hydrogens (tertiary/aromatic N) is 3. The van der Waals surface area contributed by atoms with Crippen LogP contribution in [0.15, 0.2) is 30.7 Å². The lowest BCUT2D eigenvalue weighted by molar-refractivity contribution is -0.389. The lowest BCUT2D eigenvalue weighted by Crippen LogP contribution is -2.23. The first-order valence-corrected chi connectivity index (χ1v) is 6.63. The van der Waals surface area contributed by atoms with E-state index in [9.17, 15) is 15.2 Å². The van der Waals surface area contributed by atoms with Crippen molar-refractivity contribution in [2.24, 2.45) is 0 Å². The van der Waals surface area contributed by atoms with Gasteiger partial charge >= 0.3 is 5.82 Å². The van der Waals surface area contributed by atoms with Crippen molar-refractivity contribution in [3.8, 4) is 5.75 Å². The van der Waals surface area contributed by atoms with Crippen LogP contribution in [0.2, 0.25) is 10.0 Å². The maximum Gasteiger partial charge on any atom is 0.381 e. The van der Waals surface area contributed by atoms with E-state index in [1.54, 1.807) is 18.2 Å². The molecule has 1 aromatic carbocycles. The number of hydrogen-bond acceptors (Lipinski definition) is 5. The Bertz CT molecular complexity index is 647. The summed E-state index contributed by atoms with van der Waals surface area (Å²) in [5.74, 6) is 0.0841. The van der Waals surface area contributed by atoms with E-state index in [4.69, 9.17) is 27.9 Å². The zero-order chi connectivity index (χ0) is 15.4. The molecule has 0 aliphatic heterocycles. The monoisotopic (exact) mass is 331 g/mol. The molecule has 7 nitrogen and oxygen atoms in total. The van der Waals surface area contributed by atoms with Crippen molar-refractivity contribution in [2.45, 2.75) is 12.6 Å². The SMILES string of the molecule is O=[N+]([O-])c1cn(CC(O)COc2cc(Cl)ccc2Cl)cn1. The fraction of sp³-hybridized carbons (Fsp3) is 0.250. The van der Waals surface area contributed by atoms with Gasteiger partial charge in [0.15, 0.2) is 0 Å². The summed E-state index contributed by atoms with van der Waals surface area (Å²) in [5.41, 5.74) is 0. The molecule has 0 saturated carbocycles. The number of aliphatic hydroxyl groups is 1. The minimum atomic E-state index is -0.881. The van der Waals surface area contributed by atoms with Gasteiger partial charge in [0.2, 0.25) is 6.33 Å². The summed E-state index contributed by atoms with van der Waals surface area (Å²) in [5, 5.41) is 21.2. The Hall–Kier alpha value is -1.83. The zero-order valence-electron chi connectivity index (χ0n) is 10.6. The van der Waals surface area contributed by atoms with Crippen LogP contribution in [-0.4, -0.2) is 32.3 Å². The third-order valence-electron chi connectivity index (χ3n) is 2.55. The number of aliphatic hydroxyl groups excluding tert-OH is 1. The van der Waals surface area contributed by atoms with Crippen LogP contribution in [0.5, 0.6) is 5.75 Å². The molecule has 0 radical (unpaired) electrons. The van der Waals surface area contributed by atoms with Crippen molar-refractivity contribution < 1.29 is 14.8 Å². The van der Waals surface area contributed by atoms with E-state index >= 15 is 0 Å². The fourth-order valence-corrected chi connectivity index (χ4v) is 1.95. The molecule has 0 aliphatic carbocycles. The molecule has 2 aromatic rings. The Balaban J connectivity index is 1.90. The predicted molar refractivity (Wildman–Crippen MR) is 76.8 cm³/mol. The molecule has 0 spiro atoms. The van der Waals surface area contributed by atoms with Crippen LogP contribution in [-0.2, 0) is 6.54 Å². The number of nitro groups is 1. The van der Waals surface area contributed by atoms with Crippen molar-refractivity contribution in [1.29, 1.82) is 0 Å². The van der Waals surface area contributed by atoms with E-state index in [1.807, 2.05) is 0 Å². The highest BCUT2D eigenvalue weighted by atomic mass is 35.5. The second kappa shape index (κ2) is 6.75. The summed E-state index contributed by atoms with van der Waals surface area (Å²) < 4.78 is 6.78. The summed E-state index contributed by atoms with van der Waals surface area (Å²) in [6.07, 6.45) is 1.62. The smallest absolute Gasteiger partial charge is 0.381 e. The molecule has 21 heavy (non-hydrogen) atoms. The molecule has 112 valence electrons. The van der Waals surface area contributed by atoms with Gasteiger partial charge in [-0.05, 0) is 22.0 Å². The molecule has 1 aromatic heterocycles. The van der Waals surface area contributed by atoms with E-state index in [0.717, 1.165) is 0 Å². The van der Waals surface area contributed by atoms with Crippen LogP contribution < -0.4 is 4.74 Å². The van der Waals surface area contributed by atoms with Gasteiger partial charge in [-0.1, -0.05) is 23.2 Å². The Labute approximate surface area is 129 Å².